The second-order valence-corrected chi connectivity index (χ2v) is 12.5. The van der Waals surface area contributed by atoms with Crippen LogP contribution >= 0.6 is 24.8 Å². The van der Waals surface area contributed by atoms with Crippen molar-refractivity contribution in [1.29, 1.82) is 0 Å². The van der Waals surface area contributed by atoms with Crippen LogP contribution < -0.4 is 9.47 Å². The highest BCUT2D eigenvalue weighted by Gasteiger charge is 2.44. The summed E-state index contributed by atoms with van der Waals surface area (Å²) in [6.45, 7) is 3.11. The summed E-state index contributed by atoms with van der Waals surface area (Å²) >= 11 is 0. The minimum absolute atomic E-state index is 0. The molecule has 1 amide bonds. The van der Waals surface area contributed by atoms with Gasteiger partial charge in [0, 0.05) is 75.6 Å². The quantitative estimate of drug-likeness (QED) is 0.209. The first-order valence-electron chi connectivity index (χ1n) is 16.4. The molecule has 1 saturated carbocycles. The molecule has 10 nitrogen and oxygen atoms in total. The second kappa shape index (κ2) is 16.7. The van der Waals surface area contributed by atoms with Crippen molar-refractivity contribution < 1.29 is 18.7 Å². The highest BCUT2D eigenvalue weighted by atomic mass is 35.5. The monoisotopic (exact) mass is 709 g/mol. The van der Waals surface area contributed by atoms with Gasteiger partial charge in [-0.25, -0.2) is 9.37 Å². The molecule has 7 rings (SSSR count). The number of methoxy groups -OCH3 is 1. The summed E-state index contributed by atoms with van der Waals surface area (Å²) in [6, 6.07) is 21.4. The third-order valence-electron chi connectivity index (χ3n) is 9.42. The lowest BCUT2D eigenvalue weighted by Crippen LogP contribution is -2.67. The fraction of sp³-hybridized carbons (Fsp3) is 0.417. The average molecular weight is 711 g/mol. The molecular weight excluding hydrogens is 668 g/mol. The van der Waals surface area contributed by atoms with Crippen molar-refractivity contribution in [2.24, 2.45) is 0 Å². The Balaban J connectivity index is 0.00000234. The summed E-state index contributed by atoms with van der Waals surface area (Å²) in [5.41, 5.74) is 3.55. The van der Waals surface area contributed by atoms with E-state index in [1.54, 1.807) is 19.5 Å². The molecule has 260 valence electrons. The Bertz CT molecular complexity index is 1620. The molecule has 2 atom stereocenters. The van der Waals surface area contributed by atoms with Crippen LogP contribution in [0.1, 0.15) is 57.7 Å². The molecule has 0 N–H and O–H groups in total. The Hall–Kier alpha value is -3.90. The second-order valence-electron chi connectivity index (χ2n) is 12.5. The van der Waals surface area contributed by atoms with Gasteiger partial charge >= 0.3 is 0 Å². The van der Waals surface area contributed by atoms with Gasteiger partial charge in [0.2, 0.25) is 11.8 Å². The van der Waals surface area contributed by atoms with Crippen molar-refractivity contribution in [2.75, 3.05) is 53.1 Å². The maximum absolute atomic E-state index is 13.5. The number of hydrogen-bond donors (Lipinski definition) is 0. The third-order valence-corrected chi connectivity index (χ3v) is 9.42. The highest BCUT2D eigenvalue weighted by molar-refractivity contribution is 5.92. The number of ether oxygens (including phenoxy) is 2. The molecule has 0 spiro atoms. The molecular formula is C36H42Cl2FN7O3. The number of amides is 1. The molecule has 2 saturated heterocycles. The smallest absolute Gasteiger partial charge is 0.274 e. The van der Waals surface area contributed by atoms with Gasteiger partial charge in [-0.3, -0.25) is 19.6 Å². The molecule has 3 fully saturated rings. The zero-order valence-corrected chi connectivity index (χ0v) is 29.1. The molecule has 4 heterocycles. The van der Waals surface area contributed by atoms with Gasteiger partial charge in [0.05, 0.1) is 18.9 Å². The van der Waals surface area contributed by atoms with Gasteiger partial charge in [-0.15, -0.1) is 24.8 Å². The van der Waals surface area contributed by atoms with Crippen LogP contribution in [0.5, 0.6) is 11.8 Å². The lowest BCUT2D eigenvalue weighted by Gasteiger charge is -2.53. The largest absolute Gasteiger partial charge is 0.481 e. The first-order chi connectivity index (χ1) is 23.1. The van der Waals surface area contributed by atoms with Gasteiger partial charge in [-0.1, -0.05) is 60.7 Å². The van der Waals surface area contributed by atoms with Gasteiger partial charge in [0.1, 0.15) is 24.8 Å². The van der Waals surface area contributed by atoms with Crippen molar-refractivity contribution in [1.82, 2.24) is 34.6 Å². The minimum atomic E-state index is -0.612. The molecule has 1 aliphatic carbocycles. The molecule has 49 heavy (non-hydrogen) atoms. The Kier molecular flexibility index (Phi) is 12.4. The van der Waals surface area contributed by atoms with Crippen molar-refractivity contribution >= 4 is 30.7 Å². The number of rotatable bonds is 11. The number of aromatic nitrogens is 4. The zero-order valence-electron chi connectivity index (χ0n) is 27.4. The van der Waals surface area contributed by atoms with E-state index in [-0.39, 0.29) is 61.2 Å². The van der Waals surface area contributed by atoms with E-state index in [0.717, 1.165) is 31.5 Å². The van der Waals surface area contributed by atoms with E-state index in [1.807, 2.05) is 4.90 Å². The molecule has 2 aliphatic heterocycles. The molecule has 2 aromatic heterocycles. The van der Waals surface area contributed by atoms with E-state index in [9.17, 15) is 9.18 Å². The summed E-state index contributed by atoms with van der Waals surface area (Å²) < 4.78 is 25.1. The number of fused-ring (bicyclic) bond motifs is 1. The molecule has 0 radical (unpaired) electrons. The number of carbonyl (C=O) groups is 1. The fourth-order valence-electron chi connectivity index (χ4n) is 7.12. The summed E-state index contributed by atoms with van der Waals surface area (Å²) in [5.74, 6) is 1.82. The van der Waals surface area contributed by atoms with Crippen LogP contribution in [0.15, 0.2) is 79.3 Å². The number of halogens is 3. The Morgan fingerprint density at radius 3 is 2.22 bits per heavy atom. The van der Waals surface area contributed by atoms with Gasteiger partial charge in [-0.2, -0.15) is 9.97 Å². The van der Waals surface area contributed by atoms with Crippen molar-refractivity contribution in [2.45, 2.75) is 43.3 Å². The lowest BCUT2D eigenvalue weighted by atomic mass is 9.81. The third kappa shape index (κ3) is 8.12. The number of benzene rings is 2. The van der Waals surface area contributed by atoms with Crippen LogP contribution in [0, 0.1) is 0 Å². The number of nitrogens with zero attached hydrogens (tertiary/aromatic N) is 7. The predicted molar refractivity (Wildman–Crippen MR) is 189 cm³/mol. The zero-order chi connectivity index (χ0) is 32.2. The molecule has 0 unspecified atom stereocenters. The minimum Gasteiger partial charge on any atom is -0.481 e. The van der Waals surface area contributed by atoms with Crippen molar-refractivity contribution in [3.63, 3.8) is 0 Å². The number of hydrogen-bond acceptors (Lipinski definition) is 9. The number of alkyl halides is 1. The SMILES string of the molecule is COc1nc(C2CC2)nc(OCCF)c1CN1C[C@@H]2CN(C(=O)c3cnccn3)CCN2[C@H](C(c2ccccc2)c2ccccc2)C1.Cl.Cl. The van der Waals surface area contributed by atoms with E-state index in [1.165, 1.54) is 17.3 Å². The normalized spacial score (nSPS) is 19.4. The summed E-state index contributed by atoms with van der Waals surface area (Å²) in [5, 5.41) is 0. The lowest BCUT2D eigenvalue weighted by molar-refractivity contribution is -0.0293. The van der Waals surface area contributed by atoms with Crippen LogP contribution in [0.25, 0.3) is 0 Å². The summed E-state index contributed by atoms with van der Waals surface area (Å²) in [4.78, 5) is 38.4. The van der Waals surface area contributed by atoms with E-state index in [4.69, 9.17) is 19.4 Å². The van der Waals surface area contributed by atoms with E-state index in [0.29, 0.717) is 49.5 Å². The van der Waals surface area contributed by atoms with Crippen LogP contribution in [0.2, 0.25) is 0 Å². The fourth-order valence-corrected chi connectivity index (χ4v) is 7.12. The molecule has 2 aromatic carbocycles. The number of piperazine rings is 2. The van der Waals surface area contributed by atoms with Gasteiger partial charge in [-0.05, 0) is 24.0 Å². The Labute approximate surface area is 298 Å². The van der Waals surface area contributed by atoms with Crippen LogP contribution in [0.4, 0.5) is 4.39 Å². The predicted octanol–water partition coefficient (Wildman–Crippen LogP) is 5.19. The Morgan fingerprint density at radius 2 is 1.61 bits per heavy atom. The van der Waals surface area contributed by atoms with Crippen LogP contribution in [0.3, 0.4) is 0 Å². The topological polar surface area (TPSA) is 96.8 Å². The van der Waals surface area contributed by atoms with Crippen molar-refractivity contribution in [3.05, 3.63) is 107 Å². The molecule has 0 bridgehead atoms. The molecule has 4 aromatic rings. The molecule has 3 aliphatic rings. The number of carbonyl (C=O) groups excluding carboxylic acids is 1. The van der Waals surface area contributed by atoms with Crippen molar-refractivity contribution in [3.8, 4) is 11.8 Å². The summed E-state index contributed by atoms with van der Waals surface area (Å²) in [6.07, 6.45) is 6.72. The van der Waals surface area contributed by atoms with Crippen LogP contribution in [-0.4, -0.2) is 106 Å². The van der Waals surface area contributed by atoms with E-state index in [2.05, 4.69) is 80.4 Å². The van der Waals surface area contributed by atoms with Crippen LogP contribution in [-0.2, 0) is 6.54 Å². The highest BCUT2D eigenvalue weighted by Crippen LogP contribution is 2.41. The van der Waals surface area contributed by atoms with E-state index >= 15 is 0 Å². The Morgan fingerprint density at radius 1 is 0.918 bits per heavy atom. The first-order valence-corrected chi connectivity index (χ1v) is 16.4. The maximum Gasteiger partial charge on any atom is 0.274 e. The van der Waals surface area contributed by atoms with Gasteiger partial charge in [0.15, 0.2) is 0 Å². The van der Waals surface area contributed by atoms with E-state index < -0.39 is 6.67 Å². The standard InChI is InChI=1S/C36H40FN7O3.2ClH/c1-46-34-29(35(47-19-14-37)41-33(40-34)27-12-13-27)23-42-21-28-22-43(36(45)30-20-38-15-16-39-30)17-18-44(28)31(24-42)32(25-8-4-2-5-9-25)26-10-6-3-7-11-26;;/h2-11,15-16,20,27-28,31-32H,12-14,17-19,21-24H2,1H3;2*1H/t28-,31+;;/m1../s1. The van der Waals surface area contributed by atoms with Gasteiger partial charge in [0.25, 0.3) is 5.91 Å². The first kappa shape index (κ1) is 36.4. The van der Waals surface area contributed by atoms with Gasteiger partial charge < -0.3 is 14.4 Å². The molecule has 13 heteroatoms. The maximum atomic E-state index is 13.5. The average Bonchev–Trinajstić information content (AvgIpc) is 3.98. The summed E-state index contributed by atoms with van der Waals surface area (Å²) in [7, 11) is 1.61.